The Morgan fingerprint density at radius 2 is 0.557 bits per heavy atom. The Morgan fingerprint density at radius 1 is 0.289 bits per heavy atom. The second kappa shape index (κ2) is 60.7. The summed E-state index contributed by atoms with van der Waals surface area (Å²) in [5.74, 6) is 1.31. The zero-order valence-corrected chi connectivity index (χ0v) is 67.9. The maximum absolute atomic E-state index is 9.78. The van der Waals surface area contributed by atoms with Crippen LogP contribution in [0.1, 0.15) is 44.5 Å². The molecule has 10 aromatic carbocycles. The predicted molar refractivity (Wildman–Crippen MR) is 408 cm³/mol. The summed E-state index contributed by atoms with van der Waals surface area (Å²) in [4.78, 5) is 25.9. The fourth-order valence-electron chi connectivity index (χ4n) is 7.51. The van der Waals surface area contributed by atoms with Crippen LogP contribution in [0.5, 0.6) is 28.7 Å². The number of aromatic nitrogens is 1. The predicted octanol–water partition coefficient (Wildman–Crippen LogP) is 22.5. The van der Waals surface area contributed by atoms with Crippen molar-refractivity contribution in [3.8, 4) is 28.7 Å². The standard InChI is InChI=1S/C16H12N2O.3C14H13NO.C13H11NO.8CH3.2BrH.5Ti/c19-15-9-2-1-5-13(15)11-18-14-8-3-6-12-7-4-10-17-16(12)14;1-11-6-2-4-8-13(11)15-10-12-7-3-5-9-14(12)16;2*1-11-6-5-7-12(14(11)16)10-15-13-8-3-2-4-9-13;15-13-9-5-4-6-11(13)10-14-12-7-2-1-3-8-12;;;;;;;;;;;;;;;/h1-11,19H;3*2-10,16H,1H3;1-10,15H;8*1H3;2*1H;;;;;/q;;;;;8*-1;;;5*+2/p-2. The van der Waals surface area contributed by atoms with Crippen molar-refractivity contribution in [3.63, 3.8) is 0 Å². The first-order valence-corrected chi connectivity index (χ1v) is 34.3. The molecule has 0 spiro atoms. The number of aliphatic imine (C=N–C) groups is 5. The summed E-state index contributed by atoms with van der Waals surface area (Å²) in [6, 6.07) is 79.2. The summed E-state index contributed by atoms with van der Waals surface area (Å²) in [6.07, 6.45) is 10.1. The molecular formula is C79H86Br2N6O5Ti5. The third kappa shape index (κ3) is 37.3. The van der Waals surface area contributed by atoms with Crippen molar-refractivity contribution in [1.82, 2.24) is 4.98 Å². The number of phenolic OH excluding ortho intramolecular Hbond substituents is 5. The summed E-state index contributed by atoms with van der Waals surface area (Å²) in [7, 11) is 0. The van der Waals surface area contributed by atoms with Gasteiger partial charge in [-0.1, -0.05) is 152 Å². The van der Waals surface area contributed by atoms with Crippen molar-refractivity contribution in [1.29, 1.82) is 0 Å². The number of hydrogen-bond donors (Lipinski definition) is 5. The van der Waals surface area contributed by atoms with Crippen molar-refractivity contribution >= 4 is 96.7 Å². The summed E-state index contributed by atoms with van der Waals surface area (Å²) in [6.45, 7) is 5.75. The number of fused-ring (bicyclic) bond motifs is 1. The van der Waals surface area contributed by atoms with Crippen LogP contribution >= 0.6 is 26.3 Å². The zero-order valence-electron chi connectivity index (χ0n) is 56.9. The number of pyridine rings is 1. The molecule has 496 valence electrons. The molecule has 0 radical (unpaired) electrons. The van der Waals surface area contributed by atoms with Crippen LogP contribution in [0, 0.1) is 80.2 Å². The third-order valence-corrected chi connectivity index (χ3v) is 12.1. The van der Waals surface area contributed by atoms with Gasteiger partial charge in [0.2, 0.25) is 0 Å². The molecular weight excluding hydrogens is 1510 g/mol. The average molecular weight is 1600 g/mol. The van der Waals surface area contributed by atoms with Gasteiger partial charge in [0.1, 0.15) is 28.7 Å². The summed E-state index contributed by atoms with van der Waals surface area (Å²) >= 11 is 9.50. The van der Waals surface area contributed by atoms with E-state index in [1.807, 2.05) is 276 Å². The van der Waals surface area contributed by atoms with Crippen molar-refractivity contribution in [2.45, 2.75) is 20.8 Å². The van der Waals surface area contributed by atoms with E-state index in [1.165, 1.54) is 0 Å². The van der Waals surface area contributed by atoms with Gasteiger partial charge in [-0.15, -0.1) is 0 Å². The van der Waals surface area contributed by atoms with E-state index < -0.39 is 0 Å². The van der Waals surface area contributed by atoms with E-state index >= 15 is 0 Å². The number of aryl methyl sites for hydroxylation is 3. The van der Waals surface area contributed by atoms with Gasteiger partial charge in [-0.2, -0.15) is 0 Å². The second-order valence-corrected chi connectivity index (χ2v) is 18.1. The Balaban J connectivity index is -0.000000201. The van der Waals surface area contributed by atoms with Gasteiger partial charge in [-0.05, 0) is 141 Å². The molecule has 1 heterocycles. The van der Waals surface area contributed by atoms with Crippen LogP contribution in [0.4, 0.5) is 28.4 Å². The molecule has 0 aliphatic rings. The first-order valence-electron chi connectivity index (χ1n) is 26.6. The molecule has 11 nitrogen and oxygen atoms in total. The van der Waals surface area contributed by atoms with Crippen LogP contribution in [0.2, 0.25) is 0 Å². The van der Waals surface area contributed by atoms with Gasteiger partial charge in [0.15, 0.2) is 0 Å². The van der Waals surface area contributed by atoms with Gasteiger partial charge in [-0.3, -0.25) is 29.9 Å². The molecule has 11 rings (SSSR count). The van der Waals surface area contributed by atoms with Crippen LogP contribution in [-0.2, 0) is 102 Å². The van der Waals surface area contributed by atoms with Crippen molar-refractivity contribution in [2.75, 3.05) is 0 Å². The molecule has 11 aromatic rings. The first-order chi connectivity index (χ1) is 42.0. The van der Waals surface area contributed by atoms with Gasteiger partial charge >= 0.3 is 128 Å². The summed E-state index contributed by atoms with van der Waals surface area (Å²) < 4.78 is 0. The van der Waals surface area contributed by atoms with E-state index in [4.69, 9.17) is 0 Å². The van der Waals surface area contributed by atoms with Gasteiger partial charge in [0.25, 0.3) is 0 Å². The van der Waals surface area contributed by atoms with Gasteiger partial charge in [0.05, 0.1) is 34.0 Å². The molecule has 97 heavy (non-hydrogen) atoms. The number of para-hydroxylation sites is 10. The normalized spacial score (nSPS) is 9.27. The number of aromatic hydroxyl groups is 5. The van der Waals surface area contributed by atoms with E-state index in [1.54, 1.807) is 73.7 Å². The van der Waals surface area contributed by atoms with Crippen LogP contribution in [0.15, 0.2) is 286 Å². The fourth-order valence-corrected chi connectivity index (χ4v) is 7.51. The van der Waals surface area contributed by atoms with Crippen molar-refractivity contribution in [3.05, 3.63) is 365 Å². The Hall–Kier alpha value is -6.51. The van der Waals surface area contributed by atoms with Gasteiger partial charge in [-0.25, -0.2) is 0 Å². The number of hydrogen-bond acceptors (Lipinski definition) is 11. The quantitative estimate of drug-likeness (QED) is 0.0517. The average Bonchev–Trinajstić information content (AvgIpc) is 0.851. The van der Waals surface area contributed by atoms with Crippen LogP contribution in [-0.4, -0.2) is 61.6 Å². The number of benzene rings is 10. The SMILES string of the molecule is Cc1cccc(C=Nc2ccccc2)c1O.Cc1cccc(C=Nc2ccccc2)c1O.Cc1ccccc1N=Cc1ccccc1O.Oc1ccccc1C=Nc1cccc2cccnc12.Oc1ccccc1C=Nc1ccccc1.[CH3-].[CH3-].[CH3-].[CH3-].[CH3-].[CH3-].[CH3-].[CH3-].[Ti+2].[Ti+2].[Ti+2].[Ti+][Br].[Ti+][Br]. The number of rotatable bonds is 10. The van der Waals surface area contributed by atoms with E-state index in [0.717, 1.165) is 78.3 Å². The fraction of sp³-hybridized carbons (Fsp3) is 0.0380. The third-order valence-electron chi connectivity index (χ3n) is 12.1. The molecule has 0 amide bonds. The second-order valence-electron chi connectivity index (χ2n) is 18.1. The molecule has 0 bridgehead atoms. The molecule has 0 atom stereocenters. The number of phenols is 5. The number of nitrogens with zero attached hydrogens (tertiary/aromatic N) is 6. The monoisotopic (exact) mass is 1600 g/mol. The molecule has 0 saturated heterocycles. The van der Waals surface area contributed by atoms with Gasteiger partial charge < -0.3 is 84.9 Å². The Labute approximate surface area is 661 Å². The molecule has 0 saturated carbocycles. The molecule has 0 aliphatic heterocycles. The summed E-state index contributed by atoms with van der Waals surface area (Å²) in [5, 5.41) is 49.4. The van der Waals surface area contributed by atoms with E-state index in [9.17, 15) is 25.5 Å². The molecule has 1 aromatic heterocycles. The van der Waals surface area contributed by atoms with Crippen LogP contribution in [0.3, 0.4) is 0 Å². The topological polar surface area (TPSA) is 176 Å². The minimum atomic E-state index is 0. The Morgan fingerprint density at radius 3 is 0.928 bits per heavy atom. The molecule has 0 fully saturated rings. The van der Waals surface area contributed by atoms with Crippen molar-refractivity contribution < 1.29 is 127 Å². The van der Waals surface area contributed by atoms with Crippen LogP contribution in [0.25, 0.3) is 10.9 Å². The Bertz CT molecular complexity index is 3820. The van der Waals surface area contributed by atoms with E-state index in [0.29, 0.717) is 17.1 Å². The Kier molecular flexibility index (Phi) is 65.0. The zero-order chi connectivity index (χ0) is 61.7. The van der Waals surface area contributed by atoms with Gasteiger partial charge in [0, 0.05) is 70.5 Å². The molecule has 5 N–H and O–H groups in total. The maximum atomic E-state index is 9.78. The molecule has 0 aliphatic carbocycles. The number of halogens is 2. The summed E-state index contributed by atoms with van der Waals surface area (Å²) in [5.41, 5.74) is 11.7. The van der Waals surface area contributed by atoms with Crippen LogP contribution < -0.4 is 0 Å². The first kappa shape index (κ1) is 104. The minimum absolute atomic E-state index is 0. The van der Waals surface area contributed by atoms with E-state index in [-0.39, 0.29) is 142 Å². The molecule has 0 unspecified atom stereocenters. The van der Waals surface area contributed by atoms with Crippen molar-refractivity contribution in [2.24, 2.45) is 25.0 Å². The van der Waals surface area contributed by atoms with E-state index in [2.05, 4.69) is 56.3 Å². The molecule has 18 heteroatoms.